The number of halogens is 3. The van der Waals surface area contributed by atoms with Gasteiger partial charge < -0.3 is 0 Å². The number of imide groups is 2. The molecule has 1 aromatic carbocycles. The van der Waals surface area contributed by atoms with Gasteiger partial charge in [-0.15, -0.1) is 10.2 Å². The van der Waals surface area contributed by atoms with E-state index in [1.165, 1.54) is 25.2 Å². The van der Waals surface area contributed by atoms with E-state index in [0.717, 1.165) is 11.0 Å². The molecule has 0 bridgehead atoms. The number of hydrogen-bond donors (Lipinski definition) is 1. The molecule has 0 aromatic heterocycles. The molecule has 1 atom stereocenters. The van der Waals surface area contributed by atoms with E-state index in [1.54, 1.807) is 6.92 Å². The highest BCUT2D eigenvalue weighted by atomic mass is 19.4. The van der Waals surface area contributed by atoms with E-state index in [1.807, 2.05) is 0 Å². The van der Waals surface area contributed by atoms with Crippen molar-refractivity contribution < 1.29 is 27.6 Å². The molecule has 1 unspecified atom stereocenters. The number of alkyl halides is 3. The Hall–Kier alpha value is -2.78. The minimum atomic E-state index is -4.73. The van der Waals surface area contributed by atoms with Crippen LogP contribution in [0.2, 0.25) is 0 Å². The number of benzene rings is 1. The van der Waals surface area contributed by atoms with Gasteiger partial charge >= 0.3 is 17.9 Å². The van der Waals surface area contributed by atoms with E-state index in [9.17, 15) is 27.6 Å². The Morgan fingerprint density at radius 2 is 1.77 bits per heavy atom. The first-order valence-electron chi connectivity index (χ1n) is 7.85. The quantitative estimate of drug-likeness (QED) is 0.828. The standard InChI is InChI=1S/C16H15F3N4O3/c1-3-7-14(11(24)20-13(26)23(2)12(14)25)9-5-4-6-10(8-9)15(21-22-15)16(17,18)19/h4-6,8H,3,7H2,1-2H3,(H,20,24,26). The lowest BCUT2D eigenvalue weighted by molar-refractivity contribution is -0.166. The van der Waals surface area contributed by atoms with Crippen LogP contribution in [0.25, 0.3) is 0 Å². The molecular weight excluding hydrogens is 353 g/mol. The van der Waals surface area contributed by atoms with Crippen LogP contribution in [0, 0.1) is 0 Å². The molecule has 7 nitrogen and oxygen atoms in total. The summed E-state index contributed by atoms with van der Waals surface area (Å²) >= 11 is 0. The lowest BCUT2D eigenvalue weighted by Crippen LogP contribution is -2.64. The maximum atomic E-state index is 13.3. The molecule has 138 valence electrons. The fraction of sp³-hybridized carbons (Fsp3) is 0.438. The summed E-state index contributed by atoms with van der Waals surface area (Å²) in [5, 5.41) is 8.39. The predicted molar refractivity (Wildman–Crippen MR) is 81.9 cm³/mol. The van der Waals surface area contributed by atoms with Gasteiger partial charge in [0.05, 0.1) is 0 Å². The highest BCUT2D eigenvalue weighted by Gasteiger charge is 2.65. The SMILES string of the molecule is CCCC1(c2cccc(C3(C(F)(F)F)N=N3)c2)C(=O)NC(=O)N(C)C1=O. The van der Waals surface area contributed by atoms with Gasteiger partial charge in [0.15, 0.2) is 5.41 Å². The number of likely N-dealkylation sites (N-methyl/N-ethyl adjacent to an activating group) is 1. The molecule has 0 aliphatic carbocycles. The summed E-state index contributed by atoms with van der Waals surface area (Å²) in [6.07, 6.45) is -4.30. The van der Waals surface area contributed by atoms with E-state index in [-0.39, 0.29) is 17.5 Å². The third-order valence-corrected chi connectivity index (χ3v) is 4.66. The van der Waals surface area contributed by atoms with Gasteiger partial charge in [-0.1, -0.05) is 31.5 Å². The summed E-state index contributed by atoms with van der Waals surface area (Å²) in [7, 11) is 1.21. The molecule has 0 spiro atoms. The van der Waals surface area contributed by atoms with Crippen molar-refractivity contribution >= 4 is 17.8 Å². The Morgan fingerprint density at radius 1 is 1.15 bits per heavy atom. The molecule has 1 saturated heterocycles. The highest BCUT2D eigenvalue weighted by molar-refractivity contribution is 6.22. The van der Waals surface area contributed by atoms with Crippen LogP contribution in [0.4, 0.5) is 18.0 Å². The molecule has 2 aliphatic heterocycles. The van der Waals surface area contributed by atoms with E-state index in [0.29, 0.717) is 6.42 Å². The third-order valence-electron chi connectivity index (χ3n) is 4.66. The maximum Gasteiger partial charge on any atom is 0.442 e. The van der Waals surface area contributed by atoms with Crippen molar-refractivity contribution in [1.29, 1.82) is 0 Å². The summed E-state index contributed by atoms with van der Waals surface area (Å²) in [6, 6.07) is 4.14. The molecular formula is C16H15F3N4O3. The summed E-state index contributed by atoms with van der Waals surface area (Å²) in [5.74, 6) is -1.63. The van der Waals surface area contributed by atoms with Crippen LogP contribution >= 0.6 is 0 Å². The minimum Gasteiger partial charge on any atom is -0.276 e. The molecule has 1 fully saturated rings. The van der Waals surface area contributed by atoms with E-state index < -0.39 is 35.1 Å². The summed E-state index contributed by atoms with van der Waals surface area (Å²) in [6.45, 7) is 1.73. The fourth-order valence-corrected chi connectivity index (χ4v) is 3.20. The number of nitrogens with zero attached hydrogens (tertiary/aromatic N) is 3. The second-order valence-corrected chi connectivity index (χ2v) is 6.23. The summed E-state index contributed by atoms with van der Waals surface area (Å²) < 4.78 is 39.8. The number of carbonyl (C=O) groups excluding carboxylic acids is 3. The molecule has 3 rings (SSSR count). The first-order valence-corrected chi connectivity index (χ1v) is 7.85. The van der Waals surface area contributed by atoms with Crippen molar-refractivity contribution in [2.24, 2.45) is 10.2 Å². The predicted octanol–water partition coefficient (Wildman–Crippen LogP) is 2.61. The first-order chi connectivity index (χ1) is 12.1. The Labute approximate surface area is 146 Å². The number of barbiturate groups is 1. The molecule has 0 saturated carbocycles. The van der Waals surface area contributed by atoms with Gasteiger partial charge in [0.25, 0.3) is 5.91 Å². The van der Waals surface area contributed by atoms with E-state index in [2.05, 4.69) is 15.5 Å². The largest absolute Gasteiger partial charge is 0.442 e. The highest BCUT2D eigenvalue weighted by Crippen LogP contribution is 2.53. The van der Waals surface area contributed by atoms with Crippen LogP contribution in [0.1, 0.15) is 30.9 Å². The molecule has 2 aliphatic rings. The maximum absolute atomic E-state index is 13.3. The number of amides is 4. The second kappa shape index (κ2) is 5.61. The summed E-state index contributed by atoms with van der Waals surface area (Å²) in [4.78, 5) is 37.9. The van der Waals surface area contributed by atoms with E-state index in [4.69, 9.17) is 0 Å². The zero-order valence-electron chi connectivity index (χ0n) is 13.9. The Bertz CT molecular complexity index is 830. The molecule has 1 aromatic rings. The van der Waals surface area contributed by atoms with E-state index >= 15 is 0 Å². The van der Waals surface area contributed by atoms with Gasteiger partial charge in [0.1, 0.15) is 0 Å². The third kappa shape index (κ3) is 2.31. The topological polar surface area (TPSA) is 91.2 Å². The van der Waals surface area contributed by atoms with Crippen LogP contribution in [0.5, 0.6) is 0 Å². The number of urea groups is 1. The van der Waals surface area contributed by atoms with Gasteiger partial charge in [-0.3, -0.25) is 19.8 Å². The van der Waals surface area contributed by atoms with Gasteiger partial charge in [0, 0.05) is 12.6 Å². The van der Waals surface area contributed by atoms with Crippen molar-refractivity contribution in [3.8, 4) is 0 Å². The number of hydrogen-bond acceptors (Lipinski definition) is 5. The van der Waals surface area contributed by atoms with Crippen LogP contribution in [0.3, 0.4) is 0 Å². The average Bonchev–Trinajstić information content (AvgIpc) is 3.39. The summed E-state index contributed by atoms with van der Waals surface area (Å²) in [5.41, 5.74) is -4.65. The van der Waals surface area contributed by atoms with Crippen molar-refractivity contribution in [2.45, 2.75) is 37.0 Å². The zero-order valence-corrected chi connectivity index (χ0v) is 13.9. The molecule has 4 amide bonds. The average molecular weight is 368 g/mol. The molecule has 1 N–H and O–H groups in total. The number of carbonyl (C=O) groups is 3. The molecule has 10 heteroatoms. The molecule has 26 heavy (non-hydrogen) atoms. The molecule has 2 heterocycles. The van der Waals surface area contributed by atoms with Crippen molar-refractivity contribution in [3.05, 3.63) is 35.4 Å². The normalized spacial score (nSPS) is 24.7. The molecule has 0 radical (unpaired) electrons. The monoisotopic (exact) mass is 368 g/mol. The Morgan fingerprint density at radius 3 is 2.31 bits per heavy atom. The van der Waals surface area contributed by atoms with Gasteiger partial charge in [-0.05, 0) is 18.1 Å². The van der Waals surface area contributed by atoms with Crippen LogP contribution in [-0.4, -0.2) is 36.0 Å². The van der Waals surface area contributed by atoms with Crippen LogP contribution < -0.4 is 5.32 Å². The van der Waals surface area contributed by atoms with Crippen molar-refractivity contribution in [3.63, 3.8) is 0 Å². The van der Waals surface area contributed by atoms with Gasteiger partial charge in [-0.25, -0.2) is 4.79 Å². The zero-order chi connectivity index (χ0) is 19.3. The van der Waals surface area contributed by atoms with Crippen molar-refractivity contribution in [1.82, 2.24) is 10.2 Å². The minimum absolute atomic E-state index is 0.0338. The van der Waals surface area contributed by atoms with Crippen molar-refractivity contribution in [2.75, 3.05) is 7.05 Å². The fourth-order valence-electron chi connectivity index (χ4n) is 3.20. The number of nitrogens with one attached hydrogen (secondary N) is 1. The van der Waals surface area contributed by atoms with Crippen LogP contribution in [0.15, 0.2) is 34.5 Å². The first kappa shape index (κ1) is 18.0. The van der Waals surface area contributed by atoms with Gasteiger partial charge in [0.2, 0.25) is 5.91 Å². The Balaban J connectivity index is 2.13. The van der Waals surface area contributed by atoms with Gasteiger partial charge in [-0.2, -0.15) is 13.2 Å². The Kier molecular flexibility index (Phi) is 3.89. The lowest BCUT2D eigenvalue weighted by Gasteiger charge is -2.38. The number of rotatable bonds is 4. The smallest absolute Gasteiger partial charge is 0.276 e. The lowest BCUT2D eigenvalue weighted by atomic mass is 9.73. The second-order valence-electron chi connectivity index (χ2n) is 6.23. The van der Waals surface area contributed by atoms with Crippen LogP contribution in [-0.2, 0) is 20.7 Å².